The highest BCUT2D eigenvalue weighted by Gasteiger charge is 2.61. The van der Waals surface area contributed by atoms with Crippen molar-refractivity contribution >= 4 is 17.7 Å². The van der Waals surface area contributed by atoms with Crippen molar-refractivity contribution in [2.75, 3.05) is 5.32 Å². The number of esters is 1. The summed E-state index contributed by atoms with van der Waals surface area (Å²) in [6.45, 7) is 7.92. The van der Waals surface area contributed by atoms with Gasteiger partial charge < -0.3 is 14.2 Å². The van der Waals surface area contributed by atoms with Crippen LogP contribution in [0.5, 0.6) is 0 Å². The lowest BCUT2D eigenvalue weighted by Gasteiger charge is -2.25. The zero-order chi connectivity index (χ0) is 19.9. The van der Waals surface area contributed by atoms with Crippen LogP contribution in [-0.4, -0.2) is 36.0 Å². The molecule has 0 spiro atoms. The van der Waals surface area contributed by atoms with Gasteiger partial charge in [-0.1, -0.05) is 30.9 Å². The van der Waals surface area contributed by atoms with E-state index in [0.717, 1.165) is 18.4 Å². The second kappa shape index (κ2) is 7.09. The third-order valence-electron chi connectivity index (χ3n) is 5.94. The number of anilines is 1. The quantitative estimate of drug-likeness (QED) is 0.362. The Hall–Kier alpha value is -2.60. The van der Waals surface area contributed by atoms with Gasteiger partial charge in [0.05, 0.1) is 5.60 Å². The molecule has 1 aromatic rings. The molecule has 5 atom stereocenters. The van der Waals surface area contributed by atoms with E-state index in [4.69, 9.17) is 14.2 Å². The number of carbonyl (C=O) groups excluding carboxylic acids is 2. The second-order valence-corrected chi connectivity index (χ2v) is 7.96. The normalized spacial score (nSPS) is 34.4. The van der Waals surface area contributed by atoms with Crippen molar-refractivity contribution in [3.05, 3.63) is 54.1 Å². The number of benzene rings is 1. The summed E-state index contributed by atoms with van der Waals surface area (Å²) in [5.74, 6) is -0.628. The summed E-state index contributed by atoms with van der Waals surface area (Å²) in [4.78, 5) is 24.6. The molecule has 28 heavy (non-hydrogen) atoms. The highest BCUT2D eigenvalue weighted by molar-refractivity contribution is 5.91. The van der Waals surface area contributed by atoms with E-state index in [1.165, 1.54) is 0 Å². The van der Waals surface area contributed by atoms with Crippen molar-refractivity contribution in [3.8, 4) is 0 Å². The number of hydrogen-bond donors (Lipinski definition) is 1. The number of para-hydroxylation sites is 1. The molecule has 6 nitrogen and oxygen atoms in total. The minimum atomic E-state index is -0.527. The Morgan fingerprint density at radius 2 is 2.07 bits per heavy atom. The number of allylic oxidation sites excluding steroid dienone is 1. The highest BCUT2D eigenvalue weighted by atomic mass is 16.6. The molecule has 0 radical (unpaired) electrons. The number of carbonyl (C=O) groups is 2. The molecule has 1 N–H and O–H groups in total. The molecule has 2 heterocycles. The van der Waals surface area contributed by atoms with Crippen LogP contribution < -0.4 is 5.32 Å². The molecule has 1 aliphatic carbocycles. The van der Waals surface area contributed by atoms with Crippen LogP contribution in [0.1, 0.15) is 33.1 Å². The van der Waals surface area contributed by atoms with Crippen LogP contribution in [0.15, 0.2) is 54.1 Å². The Bertz CT molecular complexity index is 833. The van der Waals surface area contributed by atoms with E-state index in [9.17, 15) is 9.59 Å². The summed E-state index contributed by atoms with van der Waals surface area (Å²) in [5, 5.41) is 2.74. The molecule has 0 saturated carbocycles. The first-order chi connectivity index (χ1) is 13.4. The number of fused-ring (bicyclic) bond motifs is 3. The van der Waals surface area contributed by atoms with Crippen LogP contribution in [0.2, 0.25) is 0 Å². The van der Waals surface area contributed by atoms with Gasteiger partial charge in [0, 0.05) is 17.2 Å². The molecule has 4 rings (SSSR count). The first kappa shape index (κ1) is 18.7. The summed E-state index contributed by atoms with van der Waals surface area (Å²) in [5.41, 5.74) is 1.77. The fourth-order valence-corrected chi connectivity index (χ4v) is 4.13. The fraction of sp³-hybridized carbons (Fsp3) is 0.455. The van der Waals surface area contributed by atoms with Gasteiger partial charge in [-0.25, -0.2) is 9.59 Å². The number of nitrogens with one attached hydrogen (secondary N) is 1. The zero-order valence-electron chi connectivity index (χ0n) is 16.1. The molecule has 0 aromatic heterocycles. The van der Waals surface area contributed by atoms with Crippen molar-refractivity contribution < 1.29 is 23.8 Å². The summed E-state index contributed by atoms with van der Waals surface area (Å²) < 4.78 is 17.2. The van der Waals surface area contributed by atoms with Gasteiger partial charge in [0.1, 0.15) is 18.3 Å². The largest absolute Gasteiger partial charge is 0.455 e. The molecule has 2 fully saturated rings. The fourth-order valence-electron chi connectivity index (χ4n) is 4.13. The molecule has 3 aliphatic rings. The van der Waals surface area contributed by atoms with Gasteiger partial charge in [-0.3, -0.25) is 5.32 Å². The maximum Gasteiger partial charge on any atom is 0.412 e. The average Bonchev–Trinajstić information content (AvgIpc) is 3.25. The number of rotatable bonds is 2. The van der Waals surface area contributed by atoms with E-state index in [1.54, 1.807) is 12.1 Å². The van der Waals surface area contributed by atoms with Crippen molar-refractivity contribution in [1.82, 2.24) is 0 Å². The second-order valence-electron chi connectivity index (χ2n) is 7.96. The van der Waals surface area contributed by atoms with Crippen LogP contribution in [0.25, 0.3) is 0 Å². The monoisotopic (exact) mass is 383 g/mol. The van der Waals surface area contributed by atoms with Gasteiger partial charge in [0.25, 0.3) is 0 Å². The van der Waals surface area contributed by atoms with Gasteiger partial charge in [-0.05, 0) is 50.8 Å². The predicted octanol–water partition coefficient (Wildman–Crippen LogP) is 3.99. The average molecular weight is 383 g/mol. The van der Waals surface area contributed by atoms with E-state index in [0.29, 0.717) is 17.7 Å². The maximum atomic E-state index is 12.4. The highest BCUT2D eigenvalue weighted by Crippen LogP contribution is 2.50. The minimum Gasteiger partial charge on any atom is -0.455 e. The van der Waals surface area contributed by atoms with Crippen LogP contribution >= 0.6 is 0 Å². The van der Waals surface area contributed by atoms with E-state index < -0.39 is 12.2 Å². The van der Waals surface area contributed by atoms with Crippen LogP contribution in [0.4, 0.5) is 10.5 Å². The van der Waals surface area contributed by atoms with E-state index >= 15 is 0 Å². The van der Waals surface area contributed by atoms with Crippen LogP contribution in [0, 0.1) is 5.92 Å². The molecule has 0 bridgehead atoms. The Morgan fingerprint density at radius 3 is 2.82 bits per heavy atom. The molecule has 1 aromatic carbocycles. The number of ether oxygens (including phenoxy) is 3. The number of amides is 1. The number of epoxide rings is 1. The van der Waals surface area contributed by atoms with Crippen molar-refractivity contribution in [2.45, 2.75) is 57.0 Å². The lowest BCUT2D eigenvalue weighted by molar-refractivity contribution is -0.140. The van der Waals surface area contributed by atoms with E-state index in [2.05, 4.69) is 24.9 Å². The molecule has 0 unspecified atom stereocenters. The lowest BCUT2D eigenvalue weighted by Crippen LogP contribution is -2.33. The molecule has 2 aliphatic heterocycles. The lowest BCUT2D eigenvalue weighted by atomic mass is 9.83. The first-order valence-corrected chi connectivity index (χ1v) is 9.64. The van der Waals surface area contributed by atoms with Gasteiger partial charge in [-0.2, -0.15) is 0 Å². The molecule has 2 saturated heterocycles. The SMILES string of the molecule is C=C1C(=O)O[C@@H]2[C@H]3O[C@]3(C)CCC=C(C)[C@@H](OC(=O)Nc3ccccc3)C[C@@H]12. The molecule has 6 heteroatoms. The smallest absolute Gasteiger partial charge is 0.412 e. The van der Waals surface area contributed by atoms with Gasteiger partial charge in [-0.15, -0.1) is 0 Å². The van der Waals surface area contributed by atoms with Crippen molar-refractivity contribution in [3.63, 3.8) is 0 Å². The molecule has 148 valence electrons. The Labute approximate surface area is 164 Å². The minimum absolute atomic E-state index is 0.133. The standard InChI is InChI=1S/C22H25NO5/c1-13-8-7-11-22(3)19(28-22)18-16(14(2)20(24)27-18)12-17(13)26-21(25)23-15-9-5-4-6-10-15/h4-6,8-10,16-19H,2,7,11-12H2,1,3H3,(H,23,25)/t16-,17-,18-,19+,22+/m0/s1. The summed E-state index contributed by atoms with van der Waals surface area (Å²) >= 11 is 0. The Balaban J connectivity index is 1.53. The van der Waals surface area contributed by atoms with Gasteiger partial charge in [0.2, 0.25) is 0 Å². The molecule has 1 amide bonds. The maximum absolute atomic E-state index is 12.4. The van der Waals surface area contributed by atoms with Crippen molar-refractivity contribution in [1.29, 1.82) is 0 Å². The summed E-state index contributed by atoms with van der Waals surface area (Å²) in [6.07, 6.45) is 2.66. The molecular weight excluding hydrogens is 358 g/mol. The number of hydrogen-bond acceptors (Lipinski definition) is 5. The predicted molar refractivity (Wildman–Crippen MR) is 104 cm³/mol. The zero-order valence-corrected chi connectivity index (χ0v) is 16.1. The van der Waals surface area contributed by atoms with Crippen LogP contribution in [-0.2, 0) is 19.0 Å². The van der Waals surface area contributed by atoms with Crippen molar-refractivity contribution in [2.24, 2.45) is 5.92 Å². The van der Waals surface area contributed by atoms with Gasteiger partial charge >= 0.3 is 12.1 Å². The third kappa shape index (κ3) is 3.56. The molecular formula is C22H25NO5. The van der Waals surface area contributed by atoms with E-state index in [-0.39, 0.29) is 29.7 Å². The van der Waals surface area contributed by atoms with Gasteiger partial charge in [0.15, 0.2) is 0 Å². The Morgan fingerprint density at radius 1 is 1.32 bits per heavy atom. The van der Waals surface area contributed by atoms with E-state index in [1.807, 2.05) is 25.1 Å². The third-order valence-corrected chi connectivity index (χ3v) is 5.94. The first-order valence-electron chi connectivity index (χ1n) is 9.64. The summed E-state index contributed by atoms with van der Waals surface area (Å²) in [7, 11) is 0. The van der Waals surface area contributed by atoms with Crippen LogP contribution in [0.3, 0.4) is 0 Å². The summed E-state index contributed by atoms with van der Waals surface area (Å²) in [6, 6.07) is 9.15. The Kier molecular flexibility index (Phi) is 4.75. The topological polar surface area (TPSA) is 77.2 Å².